The van der Waals surface area contributed by atoms with Crippen LogP contribution in [0.1, 0.15) is 11.1 Å². The number of para-hydroxylation sites is 2. The predicted molar refractivity (Wildman–Crippen MR) is 124 cm³/mol. The number of hydrogen-bond donors (Lipinski definition) is 3. The lowest BCUT2D eigenvalue weighted by molar-refractivity contribution is 1.09. The molecular formula is C24H24N6. The molecule has 30 heavy (non-hydrogen) atoms. The zero-order valence-corrected chi connectivity index (χ0v) is 17.0. The Morgan fingerprint density at radius 1 is 0.733 bits per heavy atom. The van der Waals surface area contributed by atoms with Crippen molar-refractivity contribution in [3.8, 4) is 0 Å². The van der Waals surface area contributed by atoms with Crippen LogP contribution >= 0.6 is 0 Å². The standard InChI is InChI=1S/C24H24N6/c1-17-10-9-15-21(18(17)2)28-23-22(25)24(27-16-26-23)29-30(19-11-5-3-6-12-19)20-13-7-4-8-14-20/h3-16H,25H2,1-2H3,(H2,26,27,28,29). The molecule has 4 N–H and O–H groups in total. The van der Waals surface area contributed by atoms with Crippen LogP contribution in [0, 0.1) is 13.8 Å². The Labute approximate surface area is 176 Å². The predicted octanol–water partition coefficient (Wildman–Crippen LogP) is 5.58. The summed E-state index contributed by atoms with van der Waals surface area (Å²) in [5.41, 5.74) is 15.5. The van der Waals surface area contributed by atoms with Crippen molar-refractivity contribution in [1.29, 1.82) is 0 Å². The molecule has 0 spiro atoms. The number of nitrogens with one attached hydrogen (secondary N) is 2. The molecule has 0 unspecified atom stereocenters. The summed E-state index contributed by atoms with van der Waals surface area (Å²) in [6.07, 6.45) is 1.50. The molecule has 0 saturated heterocycles. The van der Waals surface area contributed by atoms with Crippen LogP contribution in [-0.4, -0.2) is 9.97 Å². The maximum Gasteiger partial charge on any atom is 0.173 e. The lowest BCUT2D eigenvalue weighted by Crippen LogP contribution is -2.26. The van der Waals surface area contributed by atoms with Crippen molar-refractivity contribution in [1.82, 2.24) is 9.97 Å². The third-order valence-corrected chi connectivity index (χ3v) is 4.99. The van der Waals surface area contributed by atoms with E-state index in [2.05, 4.69) is 40.6 Å². The van der Waals surface area contributed by atoms with Crippen molar-refractivity contribution in [2.75, 3.05) is 21.5 Å². The first kappa shape index (κ1) is 19.3. The fourth-order valence-electron chi connectivity index (χ4n) is 3.14. The molecule has 6 nitrogen and oxygen atoms in total. The second-order valence-electron chi connectivity index (χ2n) is 6.98. The molecule has 0 atom stereocenters. The first-order chi connectivity index (χ1) is 14.6. The van der Waals surface area contributed by atoms with E-state index in [4.69, 9.17) is 5.73 Å². The number of hydrogen-bond acceptors (Lipinski definition) is 6. The Balaban J connectivity index is 1.68. The van der Waals surface area contributed by atoms with E-state index in [1.54, 1.807) is 0 Å². The fourth-order valence-corrected chi connectivity index (χ4v) is 3.14. The topological polar surface area (TPSA) is 79.1 Å². The van der Waals surface area contributed by atoms with Gasteiger partial charge in [-0.15, -0.1) is 0 Å². The number of nitrogens with zero attached hydrogens (tertiary/aromatic N) is 3. The van der Waals surface area contributed by atoms with Crippen molar-refractivity contribution < 1.29 is 0 Å². The first-order valence-electron chi connectivity index (χ1n) is 9.74. The normalized spacial score (nSPS) is 10.5. The molecule has 0 aliphatic rings. The van der Waals surface area contributed by atoms with E-state index in [9.17, 15) is 0 Å². The van der Waals surface area contributed by atoms with Crippen LogP contribution in [0.3, 0.4) is 0 Å². The lowest BCUT2D eigenvalue weighted by atomic mass is 10.1. The minimum absolute atomic E-state index is 0.440. The number of hydrazine groups is 1. The summed E-state index contributed by atoms with van der Waals surface area (Å²) in [6.45, 7) is 4.15. The molecule has 3 aromatic carbocycles. The van der Waals surface area contributed by atoms with Crippen LogP contribution in [0.2, 0.25) is 0 Å². The maximum atomic E-state index is 6.45. The van der Waals surface area contributed by atoms with Crippen LogP contribution in [0.4, 0.5) is 34.4 Å². The van der Waals surface area contributed by atoms with E-state index < -0.39 is 0 Å². The van der Waals surface area contributed by atoms with Gasteiger partial charge in [-0.05, 0) is 55.3 Å². The van der Waals surface area contributed by atoms with Crippen molar-refractivity contribution >= 4 is 34.4 Å². The van der Waals surface area contributed by atoms with E-state index in [0.29, 0.717) is 17.3 Å². The van der Waals surface area contributed by atoms with Crippen LogP contribution in [0.5, 0.6) is 0 Å². The zero-order chi connectivity index (χ0) is 20.9. The van der Waals surface area contributed by atoms with Crippen LogP contribution < -0.4 is 21.5 Å². The molecular weight excluding hydrogens is 372 g/mol. The van der Waals surface area contributed by atoms with Gasteiger partial charge in [0.1, 0.15) is 12.0 Å². The van der Waals surface area contributed by atoms with Crippen molar-refractivity contribution in [3.05, 3.63) is 96.3 Å². The van der Waals surface area contributed by atoms with Gasteiger partial charge >= 0.3 is 0 Å². The minimum Gasteiger partial charge on any atom is -0.393 e. The first-order valence-corrected chi connectivity index (χ1v) is 9.74. The Bertz CT molecular complexity index is 1090. The summed E-state index contributed by atoms with van der Waals surface area (Å²) < 4.78 is 0. The monoisotopic (exact) mass is 396 g/mol. The highest BCUT2D eigenvalue weighted by Crippen LogP contribution is 2.31. The molecule has 0 bridgehead atoms. The molecule has 0 amide bonds. The average Bonchev–Trinajstić information content (AvgIpc) is 2.78. The number of benzene rings is 3. The highest BCUT2D eigenvalue weighted by molar-refractivity contribution is 5.81. The van der Waals surface area contributed by atoms with Gasteiger partial charge in [0.2, 0.25) is 0 Å². The molecule has 4 rings (SSSR count). The van der Waals surface area contributed by atoms with Gasteiger partial charge in [0.25, 0.3) is 0 Å². The second-order valence-corrected chi connectivity index (χ2v) is 6.98. The van der Waals surface area contributed by atoms with E-state index in [1.165, 1.54) is 11.9 Å². The Morgan fingerprint density at radius 2 is 1.33 bits per heavy atom. The molecule has 150 valence electrons. The summed E-state index contributed by atoms with van der Waals surface area (Å²) >= 11 is 0. The third-order valence-electron chi connectivity index (χ3n) is 4.99. The number of aromatic nitrogens is 2. The molecule has 0 radical (unpaired) electrons. The summed E-state index contributed by atoms with van der Waals surface area (Å²) in [5.74, 6) is 1.08. The van der Waals surface area contributed by atoms with E-state index in [0.717, 1.165) is 22.6 Å². The van der Waals surface area contributed by atoms with Crippen LogP contribution in [0.25, 0.3) is 0 Å². The van der Waals surface area contributed by atoms with Gasteiger partial charge in [-0.25, -0.2) is 9.97 Å². The molecule has 4 aromatic rings. The lowest BCUT2D eigenvalue weighted by Gasteiger charge is -2.27. The number of aryl methyl sites for hydroxylation is 1. The fraction of sp³-hybridized carbons (Fsp3) is 0.0833. The minimum atomic E-state index is 0.440. The van der Waals surface area contributed by atoms with Crippen molar-refractivity contribution in [3.63, 3.8) is 0 Å². The third kappa shape index (κ3) is 4.03. The van der Waals surface area contributed by atoms with Crippen molar-refractivity contribution in [2.45, 2.75) is 13.8 Å². The summed E-state index contributed by atoms with van der Waals surface area (Å²) in [5, 5.41) is 5.28. The molecule has 0 aliphatic carbocycles. The Kier molecular flexibility index (Phi) is 5.48. The zero-order valence-electron chi connectivity index (χ0n) is 17.0. The van der Waals surface area contributed by atoms with Gasteiger partial charge in [0.05, 0.1) is 11.4 Å². The second kappa shape index (κ2) is 8.53. The number of anilines is 6. The van der Waals surface area contributed by atoms with Gasteiger partial charge in [-0.1, -0.05) is 48.5 Å². The molecule has 0 aliphatic heterocycles. The van der Waals surface area contributed by atoms with E-state index in [1.807, 2.05) is 77.8 Å². The summed E-state index contributed by atoms with van der Waals surface area (Å²) in [7, 11) is 0. The SMILES string of the molecule is Cc1cccc(Nc2ncnc(NN(c3ccccc3)c3ccccc3)c2N)c1C. The van der Waals surface area contributed by atoms with Crippen LogP contribution in [0.15, 0.2) is 85.2 Å². The van der Waals surface area contributed by atoms with E-state index >= 15 is 0 Å². The van der Waals surface area contributed by atoms with Gasteiger partial charge in [-0.2, -0.15) is 0 Å². The maximum absolute atomic E-state index is 6.45. The highest BCUT2D eigenvalue weighted by atomic mass is 15.5. The number of nitrogen functional groups attached to an aromatic ring is 1. The largest absolute Gasteiger partial charge is 0.393 e. The van der Waals surface area contributed by atoms with E-state index in [-0.39, 0.29) is 0 Å². The molecule has 0 fully saturated rings. The molecule has 1 aromatic heterocycles. The smallest absolute Gasteiger partial charge is 0.173 e. The number of nitrogens with two attached hydrogens (primary N) is 1. The summed E-state index contributed by atoms with van der Waals surface area (Å²) in [4.78, 5) is 8.73. The molecule has 1 heterocycles. The van der Waals surface area contributed by atoms with Crippen LogP contribution in [-0.2, 0) is 0 Å². The molecule has 6 heteroatoms. The van der Waals surface area contributed by atoms with Gasteiger partial charge < -0.3 is 11.1 Å². The van der Waals surface area contributed by atoms with Gasteiger partial charge in [0, 0.05) is 5.69 Å². The Hall–Kier alpha value is -4.06. The number of rotatable bonds is 6. The van der Waals surface area contributed by atoms with Gasteiger partial charge in [0.15, 0.2) is 11.6 Å². The van der Waals surface area contributed by atoms with Crippen molar-refractivity contribution in [2.24, 2.45) is 0 Å². The quantitative estimate of drug-likeness (QED) is 0.369. The molecule has 0 saturated carbocycles. The average molecular weight is 396 g/mol. The highest BCUT2D eigenvalue weighted by Gasteiger charge is 2.15. The van der Waals surface area contributed by atoms with Gasteiger partial charge in [-0.3, -0.25) is 10.4 Å². The summed E-state index contributed by atoms with van der Waals surface area (Å²) in [6, 6.07) is 26.1. The Morgan fingerprint density at radius 3 is 1.97 bits per heavy atom.